The highest BCUT2D eigenvalue weighted by Gasteiger charge is 2.32. The van der Waals surface area contributed by atoms with Gasteiger partial charge in [0.05, 0.1) is 0 Å². The molecule has 0 spiro atoms. The van der Waals surface area contributed by atoms with Gasteiger partial charge in [-0.3, -0.25) is 9.89 Å². The second-order valence-corrected chi connectivity index (χ2v) is 6.65. The van der Waals surface area contributed by atoms with Gasteiger partial charge in [0.2, 0.25) is 0 Å². The summed E-state index contributed by atoms with van der Waals surface area (Å²) in [5.41, 5.74) is 0.407. The Morgan fingerprint density at radius 2 is 1.85 bits per heavy atom. The van der Waals surface area contributed by atoms with E-state index in [2.05, 4.69) is 44.1 Å². The molecule has 6 nitrogen and oxygen atoms in total. The van der Waals surface area contributed by atoms with Crippen LogP contribution in [0.3, 0.4) is 0 Å². The molecule has 1 unspecified atom stereocenters. The van der Waals surface area contributed by atoms with Gasteiger partial charge in [-0.05, 0) is 20.0 Å². The quantitative estimate of drug-likeness (QED) is 0.577. The number of alkyl halides is 3. The van der Waals surface area contributed by atoms with Gasteiger partial charge in [-0.25, -0.2) is 0 Å². The minimum absolute atomic E-state index is 0.175. The van der Waals surface area contributed by atoms with Crippen molar-refractivity contribution in [3.63, 3.8) is 0 Å². The van der Waals surface area contributed by atoms with Crippen LogP contribution in [0.5, 0.6) is 5.75 Å². The van der Waals surface area contributed by atoms with E-state index in [0.717, 1.165) is 26.2 Å². The lowest BCUT2D eigenvalue weighted by Gasteiger charge is -2.36. The lowest BCUT2D eigenvalue weighted by atomic mass is 10.2. The van der Waals surface area contributed by atoms with Gasteiger partial charge in [-0.15, -0.1) is 13.2 Å². The first-order chi connectivity index (χ1) is 12.8. The number of aliphatic imine (C=N–C) groups is 1. The summed E-state index contributed by atoms with van der Waals surface area (Å²) >= 11 is 0. The van der Waals surface area contributed by atoms with Crippen LogP contribution in [0.2, 0.25) is 0 Å². The molecule has 1 aliphatic rings. The van der Waals surface area contributed by atoms with Gasteiger partial charge >= 0.3 is 6.36 Å². The van der Waals surface area contributed by atoms with Crippen molar-refractivity contribution in [2.45, 2.75) is 25.9 Å². The zero-order valence-electron chi connectivity index (χ0n) is 16.0. The fourth-order valence-electron chi connectivity index (χ4n) is 2.91. The SMILES string of the molecule is CN=C(NCc1ccccc1OC(F)(F)F)NCC(C)N1CCN(C)CC1. The van der Waals surface area contributed by atoms with Crippen molar-refractivity contribution in [2.24, 2.45) is 4.99 Å². The largest absolute Gasteiger partial charge is 0.573 e. The molecule has 1 aromatic carbocycles. The summed E-state index contributed by atoms with van der Waals surface area (Å²) < 4.78 is 41.6. The smallest absolute Gasteiger partial charge is 0.405 e. The number of para-hydroxylation sites is 1. The van der Waals surface area contributed by atoms with E-state index >= 15 is 0 Å². The molecule has 0 aromatic heterocycles. The Bertz CT molecular complexity index is 615. The van der Waals surface area contributed by atoms with Crippen molar-refractivity contribution in [1.29, 1.82) is 0 Å². The molecule has 2 N–H and O–H groups in total. The van der Waals surface area contributed by atoms with Crippen LogP contribution < -0.4 is 15.4 Å². The Morgan fingerprint density at radius 1 is 1.19 bits per heavy atom. The van der Waals surface area contributed by atoms with E-state index in [9.17, 15) is 13.2 Å². The summed E-state index contributed by atoms with van der Waals surface area (Å²) in [5, 5.41) is 6.28. The number of hydrogen-bond acceptors (Lipinski definition) is 4. The zero-order valence-corrected chi connectivity index (χ0v) is 16.0. The van der Waals surface area contributed by atoms with Gasteiger partial charge in [0.1, 0.15) is 5.75 Å². The van der Waals surface area contributed by atoms with Crippen molar-refractivity contribution in [3.05, 3.63) is 29.8 Å². The Morgan fingerprint density at radius 3 is 2.48 bits per heavy atom. The predicted molar refractivity (Wildman–Crippen MR) is 99.9 cm³/mol. The van der Waals surface area contributed by atoms with E-state index in [-0.39, 0.29) is 12.3 Å². The molecule has 2 rings (SSSR count). The topological polar surface area (TPSA) is 52.1 Å². The second kappa shape index (κ2) is 9.80. The minimum Gasteiger partial charge on any atom is -0.405 e. The summed E-state index contributed by atoms with van der Waals surface area (Å²) in [4.78, 5) is 8.85. The monoisotopic (exact) mass is 387 g/mol. The summed E-state index contributed by atoms with van der Waals surface area (Å²) in [6.07, 6.45) is -4.71. The highest BCUT2D eigenvalue weighted by Crippen LogP contribution is 2.26. The van der Waals surface area contributed by atoms with Gasteiger partial charge < -0.3 is 20.3 Å². The Hall–Kier alpha value is -2.00. The fraction of sp³-hybridized carbons (Fsp3) is 0.611. The summed E-state index contributed by atoms with van der Waals surface area (Å²) in [7, 11) is 3.75. The number of nitrogens with zero attached hydrogens (tertiary/aromatic N) is 3. The van der Waals surface area contributed by atoms with Crippen LogP contribution in [0, 0.1) is 0 Å². The van der Waals surface area contributed by atoms with Gasteiger partial charge in [0, 0.05) is 57.9 Å². The minimum atomic E-state index is -4.71. The van der Waals surface area contributed by atoms with Crippen molar-refractivity contribution >= 4 is 5.96 Å². The number of benzene rings is 1. The van der Waals surface area contributed by atoms with Crippen LogP contribution in [0.4, 0.5) is 13.2 Å². The highest BCUT2D eigenvalue weighted by molar-refractivity contribution is 5.79. The molecular formula is C18H28F3N5O. The summed E-state index contributed by atoms with van der Waals surface area (Å²) in [6, 6.07) is 6.41. The number of hydrogen-bond donors (Lipinski definition) is 2. The molecule has 152 valence electrons. The average Bonchev–Trinajstić information content (AvgIpc) is 2.62. The lowest BCUT2D eigenvalue weighted by molar-refractivity contribution is -0.274. The van der Waals surface area contributed by atoms with Gasteiger partial charge in [0.25, 0.3) is 0 Å². The molecule has 9 heteroatoms. The highest BCUT2D eigenvalue weighted by atomic mass is 19.4. The number of nitrogens with one attached hydrogen (secondary N) is 2. The number of guanidine groups is 1. The van der Waals surface area contributed by atoms with Crippen LogP contribution in [-0.2, 0) is 6.54 Å². The Labute approximate surface area is 158 Å². The van der Waals surface area contributed by atoms with Crippen molar-refractivity contribution < 1.29 is 17.9 Å². The number of ether oxygens (including phenoxy) is 1. The second-order valence-electron chi connectivity index (χ2n) is 6.65. The van der Waals surface area contributed by atoms with Crippen LogP contribution in [-0.4, -0.2) is 75.0 Å². The van der Waals surface area contributed by atoms with E-state index in [4.69, 9.17) is 0 Å². The summed E-state index contributed by atoms with van der Waals surface area (Å²) in [6.45, 7) is 7.17. The fourth-order valence-corrected chi connectivity index (χ4v) is 2.91. The van der Waals surface area contributed by atoms with Gasteiger partial charge in [-0.1, -0.05) is 18.2 Å². The molecule has 0 saturated carbocycles. The van der Waals surface area contributed by atoms with Crippen LogP contribution in [0.25, 0.3) is 0 Å². The van der Waals surface area contributed by atoms with E-state index in [1.165, 1.54) is 12.1 Å². The molecule has 1 fully saturated rings. The first-order valence-corrected chi connectivity index (χ1v) is 8.99. The normalized spacial score (nSPS) is 18.2. The maximum absolute atomic E-state index is 12.5. The third-order valence-electron chi connectivity index (χ3n) is 4.59. The molecule has 1 aromatic rings. The maximum atomic E-state index is 12.5. The van der Waals surface area contributed by atoms with E-state index < -0.39 is 6.36 Å². The predicted octanol–water partition coefficient (Wildman–Crippen LogP) is 1.89. The molecule has 0 bridgehead atoms. The summed E-state index contributed by atoms with van der Waals surface area (Å²) in [5.74, 6) is 0.330. The molecule has 0 aliphatic carbocycles. The molecule has 0 amide bonds. The number of piperazine rings is 1. The molecule has 1 atom stereocenters. The maximum Gasteiger partial charge on any atom is 0.573 e. The molecule has 1 saturated heterocycles. The standard InChI is InChI=1S/C18H28F3N5O/c1-14(26-10-8-25(3)9-11-26)12-23-17(22-2)24-13-15-6-4-5-7-16(15)27-18(19,20)21/h4-7,14H,8-13H2,1-3H3,(H2,22,23,24). The molecular weight excluding hydrogens is 359 g/mol. The van der Waals surface area contributed by atoms with Crippen molar-refractivity contribution in [2.75, 3.05) is 46.8 Å². The lowest BCUT2D eigenvalue weighted by Crippen LogP contribution is -2.52. The number of rotatable bonds is 6. The number of likely N-dealkylation sites (N-methyl/N-ethyl adjacent to an activating group) is 1. The first-order valence-electron chi connectivity index (χ1n) is 8.99. The molecule has 27 heavy (non-hydrogen) atoms. The van der Waals surface area contributed by atoms with Crippen molar-refractivity contribution in [1.82, 2.24) is 20.4 Å². The number of halogens is 3. The molecule has 0 radical (unpaired) electrons. The van der Waals surface area contributed by atoms with E-state index in [1.54, 1.807) is 19.2 Å². The molecule has 1 aliphatic heterocycles. The van der Waals surface area contributed by atoms with Crippen LogP contribution in [0.15, 0.2) is 29.3 Å². The van der Waals surface area contributed by atoms with Gasteiger partial charge in [0.15, 0.2) is 5.96 Å². The Kier molecular flexibility index (Phi) is 7.73. The first kappa shape index (κ1) is 21.3. The average molecular weight is 387 g/mol. The van der Waals surface area contributed by atoms with E-state index in [0.29, 0.717) is 24.1 Å². The van der Waals surface area contributed by atoms with Gasteiger partial charge in [-0.2, -0.15) is 0 Å². The zero-order chi connectivity index (χ0) is 19.9. The molecule has 1 heterocycles. The third kappa shape index (κ3) is 7.26. The van der Waals surface area contributed by atoms with Crippen LogP contribution in [0.1, 0.15) is 12.5 Å². The third-order valence-corrected chi connectivity index (χ3v) is 4.59. The van der Waals surface area contributed by atoms with Crippen LogP contribution >= 0.6 is 0 Å². The van der Waals surface area contributed by atoms with Crippen molar-refractivity contribution in [3.8, 4) is 5.75 Å². The Balaban J connectivity index is 1.84. The van der Waals surface area contributed by atoms with E-state index in [1.807, 2.05) is 0 Å².